The van der Waals surface area contributed by atoms with Crippen molar-refractivity contribution >= 4 is 33.5 Å². The number of halogens is 1. The Bertz CT molecular complexity index is 771. The van der Waals surface area contributed by atoms with Crippen LogP contribution in [-0.4, -0.2) is 43.9 Å². The van der Waals surface area contributed by atoms with Crippen molar-refractivity contribution in [2.24, 2.45) is 5.14 Å². The molecule has 7 nitrogen and oxygen atoms in total. The van der Waals surface area contributed by atoms with E-state index in [-0.39, 0.29) is 33.5 Å². The molecule has 138 valence electrons. The van der Waals surface area contributed by atoms with Crippen molar-refractivity contribution in [2.45, 2.75) is 50.1 Å². The molecule has 0 aromatic heterocycles. The van der Waals surface area contributed by atoms with Gasteiger partial charge in [0.25, 0.3) is 5.91 Å². The van der Waals surface area contributed by atoms with E-state index >= 15 is 0 Å². The Kier molecular flexibility index (Phi) is 6.08. The Labute approximate surface area is 152 Å². The largest absolute Gasteiger partial charge is 0.452 e. The maximum atomic E-state index is 12.4. The van der Waals surface area contributed by atoms with E-state index in [0.717, 1.165) is 25.3 Å². The van der Waals surface area contributed by atoms with Gasteiger partial charge in [-0.3, -0.25) is 4.79 Å². The lowest BCUT2D eigenvalue weighted by atomic mass is 9.97. The van der Waals surface area contributed by atoms with Crippen LogP contribution in [0.2, 0.25) is 5.02 Å². The van der Waals surface area contributed by atoms with Crippen LogP contribution in [0.15, 0.2) is 23.1 Å². The molecule has 0 saturated carbocycles. The normalized spacial score (nSPS) is 21.0. The summed E-state index contributed by atoms with van der Waals surface area (Å²) in [7, 11) is -3.98. The second kappa shape index (κ2) is 7.72. The van der Waals surface area contributed by atoms with Crippen LogP contribution >= 0.6 is 11.6 Å². The number of ether oxygens (including phenoxy) is 1. The summed E-state index contributed by atoms with van der Waals surface area (Å²) in [4.78, 5) is 26.0. The van der Waals surface area contributed by atoms with Crippen molar-refractivity contribution in [3.63, 3.8) is 0 Å². The molecule has 1 amide bonds. The lowest BCUT2D eigenvalue weighted by Crippen LogP contribution is -2.49. The van der Waals surface area contributed by atoms with Gasteiger partial charge < -0.3 is 9.64 Å². The van der Waals surface area contributed by atoms with Crippen LogP contribution in [0, 0.1) is 0 Å². The van der Waals surface area contributed by atoms with Crippen LogP contribution in [0.5, 0.6) is 0 Å². The molecular formula is C16H21ClN2O5S. The Morgan fingerprint density at radius 1 is 1.28 bits per heavy atom. The lowest BCUT2D eigenvalue weighted by Gasteiger charge is -2.38. The number of rotatable bonds is 4. The fraction of sp³-hybridized carbons (Fsp3) is 0.500. The second-order valence-corrected chi connectivity index (χ2v) is 8.16. The zero-order valence-electron chi connectivity index (χ0n) is 14.1. The summed E-state index contributed by atoms with van der Waals surface area (Å²) < 4.78 is 27.8. The molecular weight excluding hydrogens is 368 g/mol. The Hall–Kier alpha value is -1.64. The summed E-state index contributed by atoms with van der Waals surface area (Å²) in [6, 6.07) is 3.65. The predicted molar refractivity (Wildman–Crippen MR) is 92.7 cm³/mol. The molecule has 9 heteroatoms. The first kappa shape index (κ1) is 19.7. The van der Waals surface area contributed by atoms with Gasteiger partial charge in [0.1, 0.15) is 0 Å². The number of esters is 1. The van der Waals surface area contributed by atoms with Crippen molar-refractivity contribution in [1.29, 1.82) is 0 Å². The van der Waals surface area contributed by atoms with Gasteiger partial charge >= 0.3 is 5.97 Å². The van der Waals surface area contributed by atoms with Gasteiger partial charge in [0.15, 0.2) is 6.61 Å². The molecule has 2 rings (SSSR count). The zero-order valence-corrected chi connectivity index (χ0v) is 15.6. The average molecular weight is 389 g/mol. The van der Waals surface area contributed by atoms with Gasteiger partial charge in [-0.15, -0.1) is 0 Å². The first-order valence-electron chi connectivity index (χ1n) is 7.92. The molecule has 1 aromatic rings. The highest BCUT2D eigenvalue weighted by molar-refractivity contribution is 7.89. The Morgan fingerprint density at radius 3 is 2.44 bits per heavy atom. The molecule has 0 spiro atoms. The van der Waals surface area contributed by atoms with Crippen LogP contribution in [-0.2, 0) is 19.6 Å². The van der Waals surface area contributed by atoms with Gasteiger partial charge in [-0.05, 0) is 51.3 Å². The van der Waals surface area contributed by atoms with Crippen LogP contribution in [0.1, 0.15) is 43.5 Å². The highest BCUT2D eigenvalue weighted by Gasteiger charge is 2.29. The summed E-state index contributed by atoms with van der Waals surface area (Å²) in [5, 5.41) is 5.06. The molecule has 1 aliphatic rings. The van der Waals surface area contributed by atoms with E-state index in [2.05, 4.69) is 0 Å². The van der Waals surface area contributed by atoms with E-state index in [1.165, 1.54) is 12.1 Å². The number of primary sulfonamides is 1. The predicted octanol–water partition coefficient (Wildman–Crippen LogP) is 1.93. The molecule has 0 bridgehead atoms. The standard InChI is InChI=1S/C16H21ClN2O5S/c1-10-4-3-5-11(2)19(10)15(20)9-24-16(21)13-8-12(25(18,22)23)6-7-14(13)17/h6-8,10-11H,3-5,9H2,1-2H3,(H2,18,22,23)/t10-,11-/m0/s1. The number of hydrogen-bond donors (Lipinski definition) is 1. The molecule has 2 atom stereocenters. The van der Waals surface area contributed by atoms with Gasteiger partial charge in [-0.25, -0.2) is 18.4 Å². The summed E-state index contributed by atoms with van der Waals surface area (Å²) in [6.45, 7) is 3.49. The van der Waals surface area contributed by atoms with Gasteiger partial charge in [0, 0.05) is 12.1 Å². The van der Waals surface area contributed by atoms with E-state index in [4.69, 9.17) is 21.5 Å². The number of hydrogen-bond acceptors (Lipinski definition) is 5. The van der Waals surface area contributed by atoms with Crippen LogP contribution in [0.25, 0.3) is 0 Å². The molecule has 0 unspecified atom stereocenters. The lowest BCUT2D eigenvalue weighted by molar-refractivity contribution is -0.140. The van der Waals surface area contributed by atoms with Crippen LogP contribution in [0.3, 0.4) is 0 Å². The number of nitrogens with zero attached hydrogens (tertiary/aromatic N) is 1. The van der Waals surface area contributed by atoms with E-state index in [1.54, 1.807) is 4.90 Å². The van der Waals surface area contributed by atoms with Crippen LogP contribution < -0.4 is 5.14 Å². The third kappa shape index (κ3) is 4.71. The minimum atomic E-state index is -3.98. The second-order valence-electron chi connectivity index (χ2n) is 6.19. The maximum Gasteiger partial charge on any atom is 0.340 e. The Morgan fingerprint density at radius 2 is 1.88 bits per heavy atom. The number of benzene rings is 1. The van der Waals surface area contributed by atoms with Crippen molar-refractivity contribution in [3.8, 4) is 0 Å². The number of likely N-dealkylation sites (tertiary alicyclic amines) is 1. The van der Waals surface area contributed by atoms with Gasteiger partial charge in [-0.2, -0.15) is 0 Å². The molecule has 1 heterocycles. The smallest absolute Gasteiger partial charge is 0.340 e. The Balaban J connectivity index is 2.09. The molecule has 25 heavy (non-hydrogen) atoms. The van der Waals surface area contributed by atoms with Gasteiger partial charge in [-0.1, -0.05) is 11.6 Å². The van der Waals surface area contributed by atoms with Gasteiger partial charge in [0.2, 0.25) is 10.0 Å². The number of piperidine rings is 1. The molecule has 1 fully saturated rings. The fourth-order valence-electron chi connectivity index (χ4n) is 3.03. The van der Waals surface area contributed by atoms with E-state index in [9.17, 15) is 18.0 Å². The van der Waals surface area contributed by atoms with Crippen molar-refractivity contribution in [3.05, 3.63) is 28.8 Å². The third-order valence-corrected chi connectivity index (χ3v) is 5.54. The van der Waals surface area contributed by atoms with Gasteiger partial charge in [0.05, 0.1) is 15.5 Å². The monoisotopic (exact) mass is 388 g/mol. The molecule has 2 N–H and O–H groups in total. The summed E-state index contributed by atoms with van der Waals surface area (Å²) in [5.74, 6) is -1.16. The number of carbonyl (C=O) groups excluding carboxylic acids is 2. The number of sulfonamides is 1. The number of carbonyl (C=O) groups is 2. The molecule has 1 saturated heterocycles. The highest BCUT2D eigenvalue weighted by Crippen LogP contribution is 2.23. The zero-order chi connectivity index (χ0) is 18.8. The first-order valence-corrected chi connectivity index (χ1v) is 9.84. The third-order valence-electron chi connectivity index (χ3n) is 4.29. The topological polar surface area (TPSA) is 107 Å². The highest BCUT2D eigenvalue weighted by atomic mass is 35.5. The minimum absolute atomic E-state index is 0.0181. The van der Waals surface area contributed by atoms with Crippen molar-refractivity contribution < 1.29 is 22.7 Å². The van der Waals surface area contributed by atoms with Crippen LogP contribution in [0.4, 0.5) is 0 Å². The summed E-state index contributed by atoms with van der Waals surface area (Å²) >= 11 is 5.92. The van der Waals surface area contributed by atoms with E-state index in [0.29, 0.717) is 0 Å². The molecule has 1 aliphatic heterocycles. The van der Waals surface area contributed by atoms with Crippen molar-refractivity contribution in [2.75, 3.05) is 6.61 Å². The molecule has 1 aromatic carbocycles. The number of amides is 1. The first-order chi connectivity index (χ1) is 11.6. The van der Waals surface area contributed by atoms with E-state index in [1.807, 2.05) is 13.8 Å². The molecule has 0 radical (unpaired) electrons. The summed E-state index contributed by atoms with van der Waals surface area (Å²) in [5.41, 5.74) is -0.152. The van der Waals surface area contributed by atoms with E-state index < -0.39 is 22.6 Å². The minimum Gasteiger partial charge on any atom is -0.452 e. The maximum absolute atomic E-state index is 12.4. The summed E-state index contributed by atoms with van der Waals surface area (Å²) in [6.07, 6.45) is 2.88. The quantitative estimate of drug-likeness (QED) is 0.793. The fourth-order valence-corrected chi connectivity index (χ4v) is 3.76. The average Bonchev–Trinajstić information content (AvgIpc) is 2.51. The SMILES string of the molecule is C[C@H]1CCC[C@H](C)N1C(=O)COC(=O)c1cc(S(N)(=O)=O)ccc1Cl. The molecule has 0 aliphatic carbocycles. The number of nitrogens with two attached hydrogens (primary N) is 1. The van der Waals surface area contributed by atoms with Crippen molar-refractivity contribution in [1.82, 2.24) is 4.90 Å².